The summed E-state index contributed by atoms with van der Waals surface area (Å²) >= 11 is 0. The van der Waals surface area contributed by atoms with Crippen LogP contribution in [0.15, 0.2) is 0 Å². The number of hydrogen-bond donors (Lipinski definition) is 2. The first-order chi connectivity index (χ1) is 9.29. The first kappa shape index (κ1) is 20.6. The Bertz CT molecular complexity index is 379. The molecule has 0 radical (unpaired) electrons. The van der Waals surface area contributed by atoms with Crippen molar-refractivity contribution in [3.63, 3.8) is 0 Å². The Balaban J connectivity index is 6.40. The Morgan fingerprint density at radius 1 is 0.727 bits per heavy atom. The summed E-state index contributed by atoms with van der Waals surface area (Å²) in [5, 5.41) is 7.11. The maximum Gasteiger partial charge on any atom is 0.424 e. The third-order valence-electron chi connectivity index (χ3n) is 2.21. The largest absolute Gasteiger partial charge is 0.480 e. The van der Waals surface area contributed by atoms with Crippen LogP contribution in [0.1, 0.15) is 0 Å². The lowest BCUT2D eigenvalue weighted by molar-refractivity contribution is -0.394. The van der Waals surface area contributed by atoms with Gasteiger partial charge in [-0.15, -0.1) is 0 Å². The lowest BCUT2D eigenvalue weighted by atomic mass is 9.95. The molecule has 0 bridgehead atoms. The van der Waals surface area contributed by atoms with Gasteiger partial charge in [-0.1, -0.05) is 0 Å². The molecular weight excluding hydrogens is 358 g/mol. The number of carbonyl (C=O) groups is 1. The number of aliphatic carboxylic acids is 1. The summed E-state index contributed by atoms with van der Waals surface area (Å²) in [5.74, 6) is -3.41. The van der Waals surface area contributed by atoms with E-state index in [1.54, 1.807) is 0 Å². The second kappa shape index (κ2) is 5.34. The van der Waals surface area contributed by atoms with Crippen molar-refractivity contribution in [1.29, 1.82) is 0 Å². The van der Waals surface area contributed by atoms with E-state index in [4.69, 9.17) is 5.11 Å². The molecule has 0 aliphatic carbocycles. The predicted octanol–water partition coefficient (Wildman–Crippen LogP) is 3.02. The van der Waals surface area contributed by atoms with E-state index in [-0.39, 0.29) is 0 Å². The maximum atomic E-state index is 12.3. The van der Waals surface area contributed by atoms with Crippen molar-refractivity contribution in [3.8, 4) is 0 Å². The maximum absolute atomic E-state index is 12.3. The van der Waals surface area contributed by atoms with Gasteiger partial charge in [0.2, 0.25) is 6.04 Å². The van der Waals surface area contributed by atoms with Gasteiger partial charge in [-0.25, -0.2) is 0 Å². The van der Waals surface area contributed by atoms with E-state index in [1.165, 1.54) is 0 Å². The van der Waals surface area contributed by atoms with Gasteiger partial charge in [0.25, 0.3) is 0 Å². The zero-order valence-electron chi connectivity index (χ0n) is 9.47. The molecule has 1 atom stereocenters. The fourth-order valence-corrected chi connectivity index (χ4v) is 1.23. The Kier molecular flexibility index (Phi) is 5.00. The van der Waals surface area contributed by atoms with Crippen molar-refractivity contribution in [1.82, 2.24) is 5.32 Å². The van der Waals surface area contributed by atoms with Crippen LogP contribution in [0.25, 0.3) is 0 Å². The molecule has 0 aromatic rings. The first-order valence-electron chi connectivity index (χ1n) is 4.56. The highest BCUT2D eigenvalue weighted by Gasteiger charge is 2.85. The molecule has 0 saturated heterocycles. The minimum Gasteiger partial charge on any atom is -0.480 e. The second-order valence-corrected chi connectivity index (χ2v) is 3.70. The van der Waals surface area contributed by atoms with E-state index in [2.05, 4.69) is 0 Å². The highest BCUT2D eigenvalue weighted by atomic mass is 19.4. The molecule has 0 aromatic heterocycles. The SMILES string of the molecule is O=C(O)C(NC(C(F)(F)F)(C(F)(F)F)C(F)(F)F)C(F)(F)F. The van der Waals surface area contributed by atoms with Gasteiger partial charge in [-0.05, 0) is 0 Å². The fraction of sp³-hybridized carbons (Fsp3) is 0.857. The van der Waals surface area contributed by atoms with Crippen LogP contribution in [0.4, 0.5) is 52.7 Å². The van der Waals surface area contributed by atoms with Crippen molar-refractivity contribution >= 4 is 5.97 Å². The van der Waals surface area contributed by atoms with Crippen molar-refractivity contribution in [3.05, 3.63) is 0 Å². The summed E-state index contributed by atoms with van der Waals surface area (Å²) in [5.41, 5.74) is -7.08. The highest BCUT2D eigenvalue weighted by molar-refractivity contribution is 5.74. The van der Waals surface area contributed by atoms with Gasteiger partial charge in [0.05, 0.1) is 0 Å². The van der Waals surface area contributed by atoms with Gasteiger partial charge in [0, 0.05) is 0 Å². The van der Waals surface area contributed by atoms with E-state index in [9.17, 15) is 57.5 Å². The molecule has 0 aliphatic heterocycles. The quantitative estimate of drug-likeness (QED) is 0.760. The van der Waals surface area contributed by atoms with Crippen LogP contribution < -0.4 is 5.32 Å². The third kappa shape index (κ3) is 3.49. The molecule has 22 heavy (non-hydrogen) atoms. The molecule has 0 aromatic carbocycles. The van der Waals surface area contributed by atoms with E-state index >= 15 is 0 Å². The summed E-state index contributed by atoms with van der Waals surface area (Å²) < 4.78 is 147. The Morgan fingerprint density at radius 3 is 1.14 bits per heavy atom. The fourth-order valence-electron chi connectivity index (χ4n) is 1.23. The van der Waals surface area contributed by atoms with Crippen LogP contribution in [0.5, 0.6) is 0 Å². The van der Waals surface area contributed by atoms with Crippen LogP contribution in [0.2, 0.25) is 0 Å². The monoisotopic (exact) mass is 361 g/mol. The van der Waals surface area contributed by atoms with E-state index < -0.39 is 47.6 Å². The number of carboxylic acid groups (broad SMARTS) is 1. The number of nitrogens with one attached hydrogen (secondary N) is 1. The third-order valence-corrected chi connectivity index (χ3v) is 2.21. The zero-order chi connectivity index (χ0) is 18.4. The van der Waals surface area contributed by atoms with Gasteiger partial charge < -0.3 is 5.11 Å². The molecule has 132 valence electrons. The minimum absolute atomic E-state index is 0.873. The van der Waals surface area contributed by atoms with Crippen LogP contribution in [-0.4, -0.2) is 47.4 Å². The normalized spacial score (nSPS) is 16.5. The Hall–Kier alpha value is -1.41. The minimum atomic E-state index is -7.36. The van der Waals surface area contributed by atoms with Gasteiger partial charge in [-0.3, -0.25) is 10.1 Å². The van der Waals surface area contributed by atoms with E-state index in [0.717, 1.165) is 0 Å². The lowest BCUT2D eigenvalue weighted by Crippen LogP contribution is -2.77. The molecular formula is C7H3F12NO2. The number of carboxylic acids is 1. The van der Waals surface area contributed by atoms with Crippen LogP contribution >= 0.6 is 0 Å². The molecule has 0 spiro atoms. The zero-order valence-corrected chi connectivity index (χ0v) is 9.47. The molecule has 0 rings (SSSR count). The van der Waals surface area contributed by atoms with Crippen LogP contribution in [-0.2, 0) is 4.79 Å². The van der Waals surface area contributed by atoms with E-state index in [0.29, 0.717) is 0 Å². The van der Waals surface area contributed by atoms with Crippen molar-refractivity contribution in [2.24, 2.45) is 0 Å². The second-order valence-electron chi connectivity index (χ2n) is 3.70. The molecule has 0 amide bonds. The predicted molar refractivity (Wildman–Crippen MR) is 41.5 cm³/mol. The summed E-state index contributed by atoms with van der Waals surface area (Å²) in [6.07, 6.45) is -28.4. The summed E-state index contributed by atoms with van der Waals surface area (Å²) in [6, 6.07) is -4.77. The van der Waals surface area contributed by atoms with Crippen LogP contribution in [0, 0.1) is 0 Å². The van der Waals surface area contributed by atoms with Gasteiger partial charge in [0.15, 0.2) is 0 Å². The van der Waals surface area contributed by atoms with Crippen LogP contribution in [0.3, 0.4) is 0 Å². The van der Waals surface area contributed by atoms with Gasteiger partial charge in [-0.2, -0.15) is 52.7 Å². The summed E-state index contributed by atoms with van der Waals surface area (Å²) in [4.78, 5) is 10.1. The van der Waals surface area contributed by atoms with Crippen molar-refractivity contribution < 1.29 is 62.6 Å². The number of hydrogen-bond acceptors (Lipinski definition) is 2. The molecule has 15 heteroatoms. The molecule has 0 aliphatic rings. The first-order valence-corrected chi connectivity index (χ1v) is 4.56. The topological polar surface area (TPSA) is 49.3 Å². The smallest absolute Gasteiger partial charge is 0.424 e. The molecule has 0 heterocycles. The molecule has 3 nitrogen and oxygen atoms in total. The molecule has 0 saturated carbocycles. The van der Waals surface area contributed by atoms with E-state index in [1.807, 2.05) is 0 Å². The average Bonchev–Trinajstić information content (AvgIpc) is 2.07. The highest BCUT2D eigenvalue weighted by Crippen LogP contribution is 2.53. The average molecular weight is 361 g/mol. The molecule has 0 fully saturated rings. The standard InChI is InChI=1S/C7H3F12NO2/c8-3(9,10)1(2(21)22)20-4(5(11,12)13,6(14,15)16)7(17,18)19/h1,20H,(H,21,22). The van der Waals surface area contributed by atoms with Crippen molar-refractivity contribution in [2.45, 2.75) is 36.3 Å². The Morgan fingerprint density at radius 2 is 1.00 bits per heavy atom. The van der Waals surface area contributed by atoms with Crippen molar-refractivity contribution in [2.75, 3.05) is 0 Å². The Labute approximate surface area is 111 Å². The summed E-state index contributed by atoms with van der Waals surface area (Å²) in [6.45, 7) is 0. The summed E-state index contributed by atoms with van der Waals surface area (Å²) in [7, 11) is 0. The van der Waals surface area contributed by atoms with Gasteiger partial charge in [0.1, 0.15) is 0 Å². The number of rotatable bonds is 3. The number of alkyl halides is 12. The number of halogens is 12. The lowest BCUT2D eigenvalue weighted by Gasteiger charge is -2.40. The molecule has 2 N–H and O–H groups in total. The van der Waals surface area contributed by atoms with Gasteiger partial charge >= 0.3 is 36.2 Å². The molecule has 1 unspecified atom stereocenters.